The van der Waals surface area contributed by atoms with Crippen LogP contribution in [0.2, 0.25) is 5.02 Å². The molecule has 0 radical (unpaired) electrons. The number of carbonyl (C=O) groups excluding carboxylic acids is 3. The lowest BCUT2D eigenvalue weighted by atomic mass is 10.0. The van der Waals surface area contributed by atoms with Gasteiger partial charge in [-0.3, -0.25) is 9.59 Å². The highest BCUT2D eigenvalue weighted by molar-refractivity contribution is 6.31. The third kappa shape index (κ3) is 6.36. The first kappa shape index (κ1) is 26.0. The molecular formula is C22H21Cl2N3O6. The van der Waals surface area contributed by atoms with Crippen molar-refractivity contribution in [3.05, 3.63) is 64.7 Å². The van der Waals surface area contributed by atoms with Crippen molar-refractivity contribution in [3.63, 3.8) is 0 Å². The predicted octanol–water partition coefficient (Wildman–Crippen LogP) is 4.13. The summed E-state index contributed by atoms with van der Waals surface area (Å²) in [7, 11) is 0. The van der Waals surface area contributed by atoms with Gasteiger partial charge < -0.3 is 15.2 Å². The van der Waals surface area contributed by atoms with Gasteiger partial charge in [0.15, 0.2) is 5.78 Å². The Balaban J connectivity index is 2.58. The number of nitrogens with zero attached hydrogens (tertiary/aromatic N) is 2. The summed E-state index contributed by atoms with van der Waals surface area (Å²) in [5.74, 6) is -5.30. The SMILES string of the molecule is CCC(C)OC(=O)C(N=Nc1ccc(Cl)cc1C(=O)c1ccccc1)(NC(=O)CCl)C(=O)O. The molecule has 33 heavy (non-hydrogen) atoms. The Hall–Kier alpha value is -3.30. The molecule has 2 aromatic rings. The summed E-state index contributed by atoms with van der Waals surface area (Å²) in [6.45, 7) is 3.26. The van der Waals surface area contributed by atoms with Crippen LogP contribution in [0.1, 0.15) is 36.2 Å². The molecule has 0 saturated carbocycles. The van der Waals surface area contributed by atoms with E-state index in [2.05, 4.69) is 10.2 Å². The van der Waals surface area contributed by atoms with Gasteiger partial charge in [-0.15, -0.1) is 16.7 Å². The summed E-state index contributed by atoms with van der Waals surface area (Å²) in [5, 5.41) is 19.4. The Morgan fingerprint density at radius 2 is 1.82 bits per heavy atom. The molecule has 1 amide bonds. The van der Waals surface area contributed by atoms with Crippen LogP contribution in [-0.4, -0.2) is 46.4 Å². The minimum absolute atomic E-state index is 0.00991. The van der Waals surface area contributed by atoms with E-state index >= 15 is 0 Å². The molecule has 0 aliphatic rings. The maximum atomic E-state index is 13.0. The maximum absolute atomic E-state index is 13.0. The van der Waals surface area contributed by atoms with Gasteiger partial charge in [0, 0.05) is 10.6 Å². The zero-order valence-electron chi connectivity index (χ0n) is 17.7. The van der Waals surface area contributed by atoms with Gasteiger partial charge in [-0.05, 0) is 31.5 Å². The molecule has 0 spiro atoms. The van der Waals surface area contributed by atoms with Gasteiger partial charge in [0.05, 0.1) is 17.4 Å². The lowest BCUT2D eigenvalue weighted by Crippen LogP contribution is -2.60. The quantitative estimate of drug-likeness (QED) is 0.168. The van der Waals surface area contributed by atoms with Crippen LogP contribution in [0.25, 0.3) is 0 Å². The molecule has 2 aromatic carbocycles. The number of esters is 1. The number of amides is 1. The number of alkyl halides is 1. The molecule has 2 rings (SSSR count). The monoisotopic (exact) mass is 493 g/mol. The highest BCUT2D eigenvalue weighted by Gasteiger charge is 2.51. The standard InChI is InChI=1S/C22H21Cl2N3O6/c1-3-13(2)33-21(32)22(20(30)31,25-18(28)12-23)27-26-17-10-9-15(24)11-16(17)19(29)14-7-5-4-6-8-14/h4-11,13H,3,12H2,1-2H3,(H,25,28)(H,30,31). The maximum Gasteiger partial charge on any atom is 0.369 e. The summed E-state index contributed by atoms with van der Waals surface area (Å²) in [4.78, 5) is 49.7. The van der Waals surface area contributed by atoms with Crippen LogP contribution >= 0.6 is 23.2 Å². The van der Waals surface area contributed by atoms with Crippen molar-refractivity contribution in [2.75, 3.05) is 5.88 Å². The van der Waals surface area contributed by atoms with Crippen LogP contribution in [0.3, 0.4) is 0 Å². The molecule has 0 bridgehead atoms. The van der Waals surface area contributed by atoms with E-state index in [9.17, 15) is 24.3 Å². The number of azo groups is 1. The number of nitrogens with one attached hydrogen (secondary N) is 1. The van der Waals surface area contributed by atoms with Crippen molar-refractivity contribution in [2.24, 2.45) is 10.2 Å². The number of hydrogen-bond donors (Lipinski definition) is 2. The second kappa shape index (κ2) is 11.5. The highest BCUT2D eigenvalue weighted by Crippen LogP contribution is 2.28. The van der Waals surface area contributed by atoms with Gasteiger partial charge in [0.25, 0.3) is 0 Å². The van der Waals surface area contributed by atoms with Gasteiger partial charge >= 0.3 is 17.6 Å². The van der Waals surface area contributed by atoms with Crippen LogP contribution in [0.5, 0.6) is 0 Å². The second-order valence-electron chi connectivity index (χ2n) is 6.88. The fourth-order valence-electron chi connectivity index (χ4n) is 2.54. The lowest BCUT2D eigenvalue weighted by Gasteiger charge is -2.24. The second-order valence-corrected chi connectivity index (χ2v) is 7.58. The molecule has 11 heteroatoms. The third-order valence-corrected chi connectivity index (χ3v) is 4.95. The third-order valence-electron chi connectivity index (χ3n) is 4.48. The van der Waals surface area contributed by atoms with Gasteiger partial charge in [-0.1, -0.05) is 48.9 Å². The first-order valence-electron chi connectivity index (χ1n) is 9.78. The van der Waals surface area contributed by atoms with Crippen LogP contribution in [0.15, 0.2) is 58.8 Å². The van der Waals surface area contributed by atoms with E-state index in [1.807, 2.05) is 5.32 Å². The zero-order valence-corrected chi connectivity index (χ0v) is 19.3. The van der Waals surface area contributed by atoms with E-state index in [1.165, 1.54) is 18.2 Å². The molecule has 2 N–H and O–H groups in total. The molecule has 0 aromatic heterocycles. The Kier molecular flexibility index (Phi) is 9.07. The predicted molar refractivity (Wildman–Crippen MR) is 121 cm³/mol. The van der Waals surface area contributed by atoms with E-state index in [4.69, 9.17) is 27.9 Å². The van der Waals surface area contributed by atoms with Crippen LogP contribution in [0.4, 0.5) is 5.69 Å². The topological polar surface area (TPSA) is 134 Å². The van der Waals surface area contributed by atoms with E-state index < -0.39 is 41.3 Å². The van der Waals surface area contributed by atoms with E-state index in [-0.39, 0.29) is 16.3 Å². The first-order chi connectivity index (χ1) is 15.6. The van der Waals surface area contributed by atoms with Crippen molar-refractivity contribution in [3.8, 4) is 0 Å². The molecule has 2 unspecified atom stereocenters. The number of carboxylic acid groups (broad SMARTS) is 1. The van der Waals surface area contributed by atoms with Crippen molar-refractivity contribution < 1.29 is 29.0 Å². The molecule has 9 nitrogen and oxygen atoms in total. The number of halogens is 2. The Bertz CT molecular complexity index is 1080. The fraction of sp³-hybridized carbons (Fsp3) is 0.273. The van der Waals surface area contributed by atoms with E-state index in [0.29, 0.717) is 12.0 Å². The van der Waals surface area contributed by atoms with Gasteiger partial charge in [0.1, 0.15) is 5.88 Å². The Morgan fingerprint density at radius 3 is 2.39 bits per heavy atom. The number of aliphatic carboxylic acids is 1. The summed E-state index contributed by atoms with van der Waals surface area (Å²) in [6, 6.07) is 12.3. The smallest absolute Gasteiger partial charge is 0.369 e. The fourth-order valence-corrected chi connectivity index (χ4v) is 2.78. The van der Waals surface area contributed by atoms with E-state index in [1.54, 1.807) is 44.2 Å². The average Bonchev–Trinajstić information content (AvgIpc) is 2.81. The Labute approximate surface area is 199 Å². The van der Waals surface area contributed by atoms with Gasteiger partial charge in [-0.2, -0.15) is 5.11 Å². The minimum atomic E-state index is -2.91. The van der Waals surface area contributed by atoms with Crippen LogP contribution in [-0.2, 0) is 19.1 Å². The summed E-state index contributed by atoms with van der Waals surface area (Å²) in [6.07, 6.45) is -0.278. The normalized spacial score (nSPS) is 13.7. The van der Waals surface area contributed by atoms with Gasteiger partial charge in [-0.25, -0.2) is 9.59 Å². The molecule has 0 saturated heterocycles. The molecule has 0 fully saturated rings. The van der Waals surface area contributed by atoms with Crippen molar-refractivity contribution in [2.45, 2.75) is 32.0 Å². The minimum Gasteiger partial charge on any atom is -0.478 e. The summed E-state index contributed by atoms with van der Waals surface area (Å²) < 4.78 is 5.11. The van der Waals surface area contributed by atoms with Crippen molar-refractivity contribution in [1.82, 2.24) is 5.32 Å². The Morgan fingerprint density at radius 1 is 1.15 bits per heavy atom. The van der Waals surface area contributed by atoms with Crippen molar-refractivity contribution in [1.29, 1.82) is 0 Å². The summed E-state index contributed by atoms with van der Waals surface area (Å²) >= 11 is 11.5. The molecule has 0 aliphatic carbocycles. The molecule has 0 aliphatic heterocycles. The number of benzene rings is 2. The average molecular weight is 494 g/mol. The van der Waals surface area contributed by atoms with E-state index in [0.717, 1.165) is 0 Å². The number of ether oxygens (including phenoxy) is 1. The number of carboxylic acids is 1. The zero-order chi connectivity index (χ0) is 24.6. The number of ketones is 1. The van der Waals surface area contributed by atoms with Crippen LogP contribution in [0, 0.1) is 0 Å². The molecule has 174 valence electrons. The number of carbonyl (C=O) groups is 4. The van der Waals surface area contributed by atoms with Crippen LogP contribution < -0.4 is 5.32 Å². The van der Waals surface area contributed by atoms with Gasteiger partial charge in [0.2, 0.25) is 5.91 Å². The number of rotatable bonds is 10. The molecular weight excluding hydrogens is 473 g/mol. The summed E-state index contributed by atoms with van der Waals surface area (Å²) in [5.41, 5.74) is -2.65. The molecule has 0 heterocycles. The number of hydrogen-bond acceptors (Lipinski definition) is 7. The van der Waals surface area contributed by atoms with Crippen molar-refractivity contribution >= 4 is 52.5 Å². The molecule has 2 atom stereocenters. The largest absolute Gasteiger partial charge is 0.478 e. The lowest BCUT2D eigenvalue weighted by molar-refractivity contribution is -0.168. The highest BCUT2D eigenvalue weighted by atomic mass is 35.5. The first-order valence-corrected chi connectivity index (χ1v) is 10.7.